The topological polar surface area (TPSA) is 95.9 Å². The van der Waals surface area contributed by atoms with Crippen LogP contribution in [0.2, 0.25) is 0 Å². The molecule has 2 N–H and O–H groups in total. The fourth-order valence-corrected chi connectivity index (χ4v) is 6.00. The van der Waals surface area contributed by atoms with Crippen molar-refractivity contribution in [3.05, 3.63) is 59.7 Å². The monoisotopic (exact) mass is 476 g/mol. The number of carbonyl (C=O) groups is 3. The second-order valence-corrected chi connectivity index (χ2v) is 9.93. The van der Waals surface area contributed by atoms with Crippen molar-refractivity contribution in [1.82, 2.24) is 10.2 Å². The summed E-state index contributed by atoms with van der Waals surface area (Å²) in [4.78, 5) is 39.3. The van der Waals surface area contributed by atoms with Gasteiger partial charge in [0, 0.05) is 25.0 Å². The van der Waals surface area contributed by atoms with Gasteiger partial charge in [-0.15, -0.1) is 0 Å². The summed E-state index contributed by atoms with van der Waals surface area (Å²) in [5.74, 6) is -1.75. The number of aliphatic carboxylic acids is 1. The number of carboxylic acid groups (broad SMARTS) is 1. The molecule has 2 fully saturated rings. The van der Waals surface area contributed by atoms with Crippen molar-refractivity contribution in [1.29, 1.82) is 0 Å². The van der Waals surface area contributed by atoms with Crippen LogP contribution < -0.4 is 5.32 Å². The third-order valence-electron chi connectivity index (χ3n) is 7.81. The van der Waals surface area contributed by atoms with Gasteiger partial charge in [0.1, 0.15) is 6.61 Å². The maximum atomic E-state index is 13.3. The Morgan fingerprint density at radius 1 is 0.914 bits per heavy atom. The summed E-state index contributed by atoms with van der Waals surface area (Å²) in [5, 5.41) is 12.3. The van der Waals surface area contributed by atoms with Crippen LogP contribution in [0.4, 0.5) is 4.79 Å². The second-order valence-electron chi connectivity index (χ2n) is 9.93. The lowest BCUT2D eigenvalue weighted by Crippen LogP contribution is -2.52. The summed E-state index contributed by atoms with van der Waals surface area (Å²) in [7, 11) is 0. The van der Waals surface area contributed by atoms with Gasteiger partial charge in [-0.3, -0.25) is 9.59 Å². The van der Waals surface area contributed by atoms with E-state index in [1.807, 2.05) is 24.3 Å². The lowest BCUT2D eigenvalue weighted by Gasteiger charge is -2.37. The first-order chi connectivity index (χ1) is 17.0. The number of hydrogen-bond donors (Lipinski definition) is 2. The lowest BCUT2D eigenvalue weighted by atomic mass is 9.83. The van der Waals surface area contributed by atoms with E-state index in [0.29, 0.717) is 25.8 Å². The number of likely N-dealkylation sites (tertiary alicyclic amines) is 1. The van der Waals surface area contributed by atoms with E-state index in [0.717, 1.165) is 30.4 Å². The van der Waals surface area contributed by atoms with Crippen LogP contribution in [0, 0.1) is 11.8 Å². The molecule has 2 aromatic carbocycles. The Morgan fingerprint density at radius 3 is 2.26 bits per heavy atom. The third kappa shape index (κ3) is 4.77. The molecule has 0 spiro atoms. The van der Waals surface area contributed by atoms with Gasteiger partial charge in [-0.05, 0) is 47.9 Å². The summed E-state index contributed by atoms with van der Waals surface area (Å²) < 4.78 is 5.71. The number of amides is 2. The maximum absolute atomic E-state index is 13.3. The average molecular weight is 477 g/mol. The van der Waals surface area contributed by atoms with Crippen LogP contribution in [0.5, 0.6) is 0 Å². The van der Waals surface area contributed by atoms with E-state index in [4.69, 9.17) is 4.74 Å². The van der Waals surface area contributed by atoms with Gasteiger partial charge in [-0.25, -0.2) is 4.79 Å². The molecule has 1 saturated carbocycles. The van der Waals surface area contributed by atoms with Crippen LogP contribution >= 0.6 is 0 Å². The summed E-state index contributed by atoms with van der Waals surface area (Å²) in [6, 6.07) is 16.1. The minimum atomic E-state index is -0.848. The SMILES string of the molecule is O=C(NC1CCCCC1C(=O)N1CCCC(C(=O)O)C1)OCC1c2ccccc2-c2ccccc21. The number of nitrogens with zero attached hydrogens (tertiary/aromatic N) is 1. The van der Waals surface area contributed by atoms with Gasteiger partial charge in [0.2, 0.25) is 5.91 Å². The van der Waals surface area contributed by atoms with E-state index in [1.54, 1.807) is 4.90 Å². The number of hydrogen-bond acceptors (Lipinski definition) is 4. The van der Waals surface area contributed by atoms with Crippen LogP contribution in [0.25, 0.3) is 11.1 Å². The van der Waals surface area contributed by atoms with E-state index in [-0.39, 0.29) is 36.9 Å². The molecule has 35 heavy (non-hydrogen) atoms. The molecule has 0 radical (unpaired) electrons. The zero-order valence-corrected chi connectivity index (χ0v) is 19.8. The molecule has 3 aliphatic rings. The van der Waals surface area contributed by atoms with Gasteiger partial charge in [0.05, 0.1) is 11.8 Å². The van der Waals surface area contributed by atoms with Crippen molar-refractivity contribution >= 4 is 18.0 Å². The Labute approximate surface area is 205 Å². The summed E-state index contributed by atoms with van der Waals surface area (Å²) in [6.45, 7) is 1.07. The highest BCUT2D eigenvalue weighted by Crippen LogP contribution is 2.44. The summed E-state index contributed by atoms with van der Waals surface area (Å²) in [6.07, 6.45) is 4.08. The maximum Gasteiger partial charge on any atom is 0.407 e. The van der Waals surface area contributed by atoms with Crippen LogP contribution in [0.15, 0.2) is 48.5 Å². The molecule has 3 unspecified atom stereocenters. The van der Waals surface area contributed by atoms with Crippen molar-refractivity contribution in [3.63, 3.8) is 0 Å². The number of fused-ring (bicyclic) bond motifs is 3. The molecule has 2 aliphatic carbocycles. The molecule has 184 valence electrons. The lowest BCUT2D eigenvalue weighted by molar-refractivity contribution is -0.147. The molecule has 2 aromatic rings. The molecule has 0 bridgehead atoms. The fraction of sp³-hybridized carbons (Fsp3) is 0.464. The number of rotatable bonds is 5. The second kappa shape index (κ2) is 10.1. The third-order valence-corrected chi connectivity index (χ3v) is 7.81. The van der Waals surface area contributed by atoms with Gasteiger partial charge in [-0.2, -0.15) is 0 Å². The number of nitrogens with one attached hydrogen (secondary N) is 1. The highest BCUT2D eigenvalue weighted by molar-refractivity contribution is 5.82. The van der Waals surface area contributed by atoms with E-state index in [9.17, 15) is 19.5 Å². The number of alkyl carbamates (subject to hydrolysis) is 1. The molecule has 1 aliphatic heterocycles. The molecule has 5 rings (SSSR count). The number of ether oxygens (including phenoxy) is 1. The zero-order chi connectivity index (χ0) is 24.4. The smallest absolute Gasteiger partial charge is 0.407 e. The molecule has 0 aromatic heterocycles. The van der Waals surface area contributed by atoms with Gasteiger partial charge in [-0.1, -0.05) is 61.4 Å². The van der Waals surface area contributed by atoms with Crippen molar-refractivity contribution in [2.75, 3.05) is 19.7 Å². The first-order valence-electron chi connectivity index (χ1n) is 12.7. The van der Waals surface area contributed by atoms with Gasteiger partial charge < -0.3 is 20.1 Å². The first-order valence-corrected chi connectivity index (χ1v) is 12.7. The van der Waals surface area contributed by atoms with Crippen LogP contribution in [-0.4, -0.2) is 53.7 Å². The number of benzene rings is 2. The number of piperidine rings is 1. The van der Waals surface area contributed by atoms with Crippen molar-refractivity contribution < 1.29 is 24.2 Å². The minimum Gasteiger partial charge on any atom is -0.481 e. The summed E-state index contributed by atoms with van der Waals surface area (Å²) >= 11 is 0. The van der Waals surface area contributed by atoms with E-state index >= 15 is 0 Å². The molecule has 7 nitrogen and oxygen atoms in total. The van der Waals surface area contributed by atoms with Gasteiger partial charge >= 0.3 is 12.1 Å². The predicted molar refractivity (Wildman–Crippen MR) is 131 cm³/mol. The Kier molecular flexibility index (Phi) is 6.75. The van der Waals surface area contributed by atoms with Crippen molar-refractivity contribution in [3.8, 4) is 11.1 Å². The molecular weight excluding hydrogens is 444 g/mol. The molecule has 1 saturated heterocycles. The standard InChI is InChI=1S/C28H32N2O5/c31-26(30-15-7-8-18(16-30)27(32)33)23-13-5-6-14-25(23)29-28(34)35-17-24-21-11-3-1-9-19(21)20-10-2-4-12-22(20)24/h1-4,9-12,18,23-25H,5-8,13-17H2,(H,29,34)(H,32,33). The Morgan fingerprint density at radius 2 is 1.57 bits per heavy atom. The van der Waals surface area contributed by atoms with Gasteiger partial charge in [0.25, 0.3) is 0 Å². The highest BCUT2D eigenvalue weighted by atomic mass is 16.5. The van der Waals surface area contributed by atoms with Gasteiger partial charge in [0.15, 0.2) is 0 Å². The van der Waals surface area contributed by atoms with Crippen molar-refractivity contribution in [2.24, 2.45) is 11.8 Å². The average Bonchev–Trinajstić information content (AvgIpc) is 3.21. The van der Waals surface area contributed by atoms with Crippen LogP contribution in [0.3, 0.4) is 0 Å². The number of carboxylic acids is 1. The molecular formula is C28H32N2O5. The minimum absolute atomic E-state index is 0.0155. The zero-order valence-electron chi connectivity index (χ0n) is 19.8. The normalized spacial score (nSPS) is 23.8. The van der Waals surface area contributed by atoms with Crippen LogP contribution in [-0.2, 0) is 14.3 Å². The molecule has 3 atom stereocenters. The first kappa shape index (κ1) is 23.4. The van der Waals surface area contributed by atoms with Crippen molar-refractivity contribution in [2.45, 2.75) is 50.5 Å². The molecule has 1 heterocycles. The predicted octanol–water partition coefficient (Wildman–Crippen LogP) is 4.41. The van der Waals surface area contributed by atoms with E-state index < -0.39 is 18.0 Å². The number of carbonyl (C=O) groups excluding carboxylic acids is 2. The summed E-state index contributed by atoms with van der Waals surface area (Å²) in [5.41, 5.74) is 4.67. The van der Waals surface area contributed by atoms with E-state index in [1.165, 1.54) is 11.1 Å². The Bertz CT molecular complexity index is 1070. The Hall–Kier alpha value is -3.35. The Balaban J connectivity index is 1.22. The molecule has 7 heteroatoms. The largest absolute Gasteiger partial charge is 0.481 e. The van der Waals surface area contributed by atoms with E-state index in [2.05, 4.69) is 29.6 Å². The molecule has 2 amide bonds. The van der Waals surface area contributed by atoms with Crippen LogP contribution in [0.1, 0.15) is 55.6 Å². The fourth-order valence-electron chi connectivity index (χ4n) is 6.00. The highest BCUT2D eigenvalue weighted by Gasteiger charge is 2.38. The quantitative estimate of drug-likeness (QED) is 0.667.